The van der Waals surface area contributed by atoms with Crippen LogP contribution in [-0.2, 0) is 14.7 Å². The van der Waals surface area contributed by atoms with Gasteiger partial charge in [-0.2, -0.15) is 0 Å². The van der Waals surface area contributed by atoms with Crippen LogP contribution in [0.3, 0.4) is 0 Å². The number of carbonyl (C=O) groups excluding carboxylic acids is 1. The van der Waals surface area contributed by atoms with Gasteiger partial charge >= 0.3 is 0 Å². The van der Waals surface area contributed by atoms with Crippen molar-refractivity contribution in [2.45, 2.75) is 23.8 Å². The Morgan fingerprint density at radius 1 is 1.47 bits per heavy atom. The van der Waals surface area contributed by atoms with Crippen molar-refractivity contribution in [1.82, 2.24) is 4.31 Å². The summed E-state index contributed by atoms with van der Waals surface area (Å²) in [5.41, 5.74) is 5.30. The van der Waals surface area contributed by atoms with Crippen LogP contribution in [0.5, 0.6) is 5.75 Å². The average molecular weight is 283 g/mol. The molecule has 0 aliphatic carbocycles. The standard InChI is InChI=1S/C12H17N3O3S/c1-18-9-4-6-10(7-5-9)19(14,17)15-8-2-3-11(15)12(13)16/h4-7,11,14H,2-3,8H2,1H3,(H2,13,16). The highest BCUT2D eigenvalue weighted by Gasteiger charge is 2.36. The maximum Gasteiger partial charge on any atom is 0.235 e. The number of rotatable bonds is 4. The topological polar surface area (TPSA) is 96.5 Å². The quantitative estimate of drug-likeness (QED) is 0.861. The molecule has 1 heterocycles. The van der Waals surface area contributed by atoms with Crippen LogP contribution in [0.1, 0.15) is 12.8 Å². The number of benzene rings is 1. The number of carbonyl (C=O) groups is 1. The molecule has 6 nitrogen and oxygen atoms in total. The van der Waals surface area contributed by atoms with Gasteiger partial charge in [0.25, 0.3) is 0 Å². The van der Waals surface area contributed by atoms with Gasteiger partial charge in [-0.3, -0.25) is 4.79 Å². The zero-order valence-corrected chi connectivity index (χ0v) is 11.5. The number of nitrogens with one attached hydrogen (secondary N) is 1. The van der Waals surface area contributed by atoms with Gasteiger partial charge in [0.2, 0.25) is 5.91 Å². The number of hydrogen-bond donors (Lipinski definition) is 2. The Hall–Kier alpha value is -1.60. The first kappa shape index (κ1) is 13.8. The normalized spacial score (nSPS) is 22.9. The zero-order valence-electron chi connectivity index (χ0n) is 10.7. The van der Waals surface area contributed by atoms with Crippen LogP contribution < -0.4 is 10.5 Å². The third-order valence-electron chi connectivity index (χ3n) is 3.24. The summed E-state index contributed by atoms with van der Waals surface area (Å²) in [6.07, 6.45) is 1.28. The van der Waals surface area contributed by atoms with Crippen molar-refractivity contribution in [3.8, 4) is 5.75 Å². The van der Waals surface area contributed by atoms with Gasteiger partial charge in [0.15, 0.2) is 0 Å². The van der Waals surface area contributed by atoms with Crippen molar-refractivity contribution in [3.63, 3.8) is 0 Å². The van der Waals surface area contributed by atoms with E-state index in [4.69, 9.17) is 15.3 Å². The minimum atomic E-state index is -3.18. The highest BCUT2D eigenvalue weighted by atomic mass is 32.2. The van der Waals surface area contributed by atoms with E-state index in [-0.39, 0.29) is 0 Å². The minimum Gasteiger partial charge on any atom is -0.497 e. The van der Waals surface area contributed by atoms with Crippen molar-refractivity contribution < 1.29 is 13.7 Å². The molecule has 0 saturated carbocycles. The second-order valence-corrected chi connectivity index (χ2v) is 6.39. The van der Waals surface area contributed by atoms with Crippen LogP contribution in [0.15, 0.2) is 29.2 Å². The van der Waals surface area contributed by atoms with Gasteiger partial charge in [-0.25, -0.2) is 13.3 Å². The highest BCUT2D eigenvalue weighted by Crippen LogP contribution is 2.27. The van der Waals surface area contributed by atoms with E-state index < -0.39 is 21.9 Å². The first-order valence-electron chi connectivity index (χ1n) is 5.96. The molecule has 1 aromatic carbocycles. The molecular formula is C12H17N3O3S. The van der Waals surface area contributed by atoms with E-state index in [0.717, 1.165) is 6.42 Å². The number of nitrogens with two attached hydrogens (primary N) is 1. The molecule has 7 heteroatoms. The van der Waals surface area contributed by atoms with E-state index in [1.165, 1.54) is 11.4 Å². The molecule has 0 spiro atoms. The zero-order chi connectivity index (χ0) is 14.0. The molecule has 0 radical (unpaired) electrons. The largest absolute Gasteiger partial charge is 0.497 e. The first-order chi connectivity index (χ1) is 8.96. The summed E-state index contributed by atoms with van der Waals surface area (Å²) in [5.74, 6) is 0.109. The molecule has 1 fully saturated rings. The summed E-state index contributed by atoms with van der Waals surface area (Å²) in [6, 6.07) is 5.86. The number of methoxy groups -OCH3 is 1. The Morgan fingerprint density at radius 3 is 2.63 bits per heavy atom. The van der Waals surface area contributed by atoms with Gasteiger partial charge < -0.3 is 10.5 Å². The molecule has 3 N–H and O–H groups in total. The number of nitrogens with zero attached hydrogens (tertiary/aromatic N) is 1. The summed E-state index contributed by atoms with van der Waals surface area (Å²) in [4.78, 5) is 11.7. The molecule has 0 bridgehead atoms. The van der Waals surface area contributed by atoms with Crippen LogP contribution in [0.25, 0.3) is 0 Å². The van der Waals surface area contributed by atoms with Crippen LogP contribution in [0, 0.1) is 4.78 Å². The smallest absolute Gasteiger partial charge is 0.235 e. The second-order valence-electron chi connectivity index (χ2n) is 4.40. The number of primary amides is 1. The molecule has 1 aliphatic heterocycles. The molecule has 0 aromatic heterocycles. The lowest BCUT2D eigenvalue weighted by molar-refractivity contribution is -0.120. The van der Waals surface area contributed by atoms with Gasteiger partial charge in [0.1, 0.15) is 21.7 Å². The summed E-state index contributed by atoms with van der Waals surface area (Å²) < 4.78 is 27.2. The van der Waals surface area contributed by atoms with Crippen molar-refractivity contribution in [2.75, 3.05) is 13.7 Å². The molecule has 2 atom stereocenters. The first-order valence-corrected chi connectivity index (χ1v) is 7.47. The van der Waals surface area contributed by atoms with E-state index in [9.17, 15) is 9.00 Å². The summed E-state index contributed by atoms with van der Waals surface area (Å²) in [7, 11) is -1.64. The summed E-state index contributed by atoms with van der Waals surface area (Å²) in [5, 5.41) is 0. The average Bonchev–Trinajstić information content (AvgIpc) is 2.89. The molecule has 2 rings (SSSR count). The summed E-state index contributed by atoms with van der Waals surface area (Å²) in [6.45, 7) is 0.446. The molecule has 1 saturated heterocycles. The predicted molar refractivity (Wildman–Crippen MR) is 71.0 cm³/mol. The molecule has 2 unspecified atom stereocenters. The number of hydrogen-bond acceptors (Lipinski definition) is 4. The molecule has 1 aromatic rings. The van der Waals surface area contributed by atoms with Crippen LogP contribution in [-0.4, -0.2) is 34.1 Å². The van der Waals surface area contributed by atoms with Crippen LogP contribution in [0.2, 0.25) is 0 Å². The second kappa shape index (κ2) is 5.18. The Labute approximate surface area is 112 Å². The van der Waals surface area contributed by atoms with Gasteiger partial charge in [-0.05, 0) is 37.1 Å². The lowest BCUT2D eigenvalue weighted by Gasteiger charge is -2.24. The van der Waals surface area contributed by atoms with E-state index in [1.54, 1.807) is 24.3 Å². The van der Waals surface area contributed by atoms with Crippen molar-refractivity contribution >= 4 is 15.8 Å². The fourth-order valence-corrected chi connectivity index (χ4v) is 3.96. The SMILES string of the molecule is COc1ccc(S(=N)(=O)N2CCCC2C(N)=O)cc1. The predicted octanol–water partition coefficient (Wildman–Crippen LogP) is 0.966. The number of amides is 1. The van der Waals surface area contributed by atoms with Crippen LogP contribution in [0.4, 0.5) is 0 Å². The maximum atomic E-state index is 12.6. The lowest BCUT2D eigenvalue weighted by atomic mass is 10.2. The van der Waals surface area contributed by atoms with E-state index in [1.807, 2.05) is 0 Å². The fraction of sp³-hybridized carbons (Fsp3) is 0.417. The highest BCUT2D eigenvalue weighted by molar-refractivity contribution is 7.90. The molecule has 1 amide bonds. The van der Waals surface area contributed by atoms with Gasteiger partial charge in [0.05, 0.1) is 12.0 Å². The summed E-state index contributed by atoms with van der Waals surface area (Å²) >= 11 is 0. The Bertz CT molecular complexity index is 568. The fourth-order valence-electron chi connectivity index (χ4n) is 2.23. The van der Waals surface area contributed by atoms with Crippen molar-refractivity contribution in [3.05, 3.63) is 24.3 Å². The Morgan fingerprint density at radius 2 is 2.11 bits per heavy atom. The van der Waals surface area contributed by atoms with Crippen LogP contribution >= 0.6 is 0 Å². The maximum absolute atomic E-state index is 12.6. The van der Waals surface area contributed by atoms with E-state index in [2.05, 4.69) is 0 Å². The Kier molecular flexibility index (Phi) is 3.77. The minimum absolute atomic E-state index is 0.362. The van der Waals surface area contributed by atoms with Crippen molar-refractivity contribution in [1.29, 1.82) is 4.78 Å². The van der Waals surface area contributed by atoms with E-state index >= 15 is 0 Å². The molecular weight excluding hydrogens is 266 g/mol. The monoisotopic (exact) mass is 283 g/mol. The molecule has 1 aliphatic rings. The van der Waals surface area contributed by atoms with Gasteiger partial charge in [-0.1, -0.05) is 0 Å². The third-order valence-corrected chi connectivity index (χ3v) is 5.25. The van der Waals surface area contributed by atoms with E-state index in [0.29, 0.717) is 23.6 Å². The van der Waals surface area contributed by atoms with Gasteiger partial charge in [-0.15, -0.1) is 0 Å². The Balaban J connectivity index is 2.33. The third kappa shape index (κ3) is 2.57. The number of ether oxygens (including phenoxy) is 1. The molecule has 19 heavy (non-hydrogen) atoms. The molecule has 104 valence electrons. The van der Waals surface area contributed by atoms with Crippen molar-refractivity contribution in [2.24, 2.45) is 5.73 Å². The lowest BCUT2D eigenvalue weighted by Crippen LogP contribution is -2.43. The van der Waals surface area contributed by atoms with Gasteiger partial charge in [0, 0.05) is 6.54 Å².